The lowest BCUT2D eigenvalue weighted by atomic mass is 9.77. The third kappa shape index (κ3) is 3.04. The summed E-state index contributed by atoms with van der Waals surface area (Å²) in [5.74, 6) is 0.500. The van der Waals surface area contributed by atoms with E-state index in [1.54, 1.807) is 19.2 Å². The maximum Gasteiger partial charge on any atom is 0.242 e. The highest BCUT2D eigenvalue weighted by Gasteiger charge is 2.37. The third-order valence-corrected chi connectivity index (χ3v) is 3.85. The number of benzene rings is 1. The smallest absolute Gasteiger partial charge is 0.242 e. The molecule has 2 rings (SSSR count). The molecule has 1 aromatic carbocycles. The maximum absolute atomic E-state index is 12.4. The fraction of sp³-hybridized carbons (Fsp3) is 0.533. The summed E-state index contributed by atoms with van der Waals surface area (Å²) in [5.41, 5.74) is 0.272. The van der Waals surface area contributed by atoms with Gasteiger partial charge in [0, 0.05) is 6.07 Å². The second-order valence-electron chi connectivity index (χ2n) is 5.85. The van der Waals surface area contributed by atoms with Gasteiger partial charge in [-0.1, -0.05) is 13.8 Å². The van der Waals surface area contributed by atoms with Crippen LogP contribution in [0.3, 0.4) is 0 Å². The van der Waals surface area contributed by atoms with E-state index in [0.29, 0.717) is 11.4 Å². The zero-order valence-electron chi connectivity index (χ0n) is 12.2. The molecular formula is C15H22N2O3. The van der Waals surface area contributed by atoms with Gasteiger partial charge in [-0.15, -0.1) is 0 Å². The normalized spacial score (nSPS) is 21.2. The molecule has 1 aromatic rings. The molecule has 0 aromatic heterocycles. The van der Waals surface area contributed by atoms with E-state index in [0.717, 1.165) is 19.4 Å². The lowest BCUT2D eigenvalue weighted by molar-refractivity contribution is -0.121. The van der Waals surface area contributed by atoms with E-state index in [2.05, 4.69) is 24.5 Å². The average molecular weight is 278 g/mol. The molecule has 1 amide bonds. The molecule has 1 unspecified atom stereocenters. The molecule has 5 nitrogen and oxygen atoms in total. The van der Waals surface area contributed by atoms with E-state index >= 15 is 0 Å². The standard InChI is InChI=1S/C15H22N2O3/c1-15(2)7-4-8-16-13(15)14(19)17-11-9-10(20-3)5-6-12(11)18/h5-6,9,13,16,18H,4,7-8H2,1-3H3,(H,17,19). The van der Waals surface area contributed by atoms with Crippen molar-refractivity contribution in [3.63, 3.8) is 0 Å². The zero-order valence-corrected chi connectivity index (χ0v) is 12.2. The van der Waals surface area contributed by atoms with Crippen LogP contribution in [0.1, 0.15) is 26.7 Å². The van der Waals surface area contributed by atoms with Crippen LogP contribution < -0.4 is 15.4 Å². The van der Waals surface area contributed by atoms with Crippen LogP contribution in [0.4, 0.5) is 5.69 Å². The van der Waals surface area contributed by atoms with Crippen LogP contribution >= 0.6 is 0 Å². The number of amides is 1. The van der Waals surface area contributed by atoms with E-state index in [9.17, 15) is 9.90 Å². The number of carbonyl (C=O) groups is 1. The number of rotatable bonds is 3. The number of hydrogen-bond donors (Lipinski definition) is 3. The lowest BCUT2D eigenvalue weighted by Crippen LogP contribution is -2.53. The summed E-state index contributed by atoms with van der Waals surface area (Å²) in [6.07, 6.45) is 2.07. The summed E-state index contributed by atoms with van der Waals surface area (Å²) < 4.78 is 5.10. The van der Waals surface area contributed by atoms with Crippen molar-refractivity contribution in [1.29, 1.82) is 0 Å². The fourth-order valence-electron chi connectivity index (χ4n) is 2.61. The summed E-state index contributed by atoms with van der Waals surface area (Å²) in [6.45, 7) is 5.00. The van der Waals surface area contributed by atoms with E-state index in [1.807, 2.05) is 0 Å². The molecule has 1 aliphatic heterocycles. The van der Waals surface area contributed by atoms with Crippen LogP contribution in [0.2, 0.25) is 0 Å². The Balaban J connectivity index is 2.15. The van der Waals surface area contributed by atoms with E-state index in [4.69, 9.17) is 4.74 Å². The number of anilines is 1. The number of nitrogens with one attached hydrogen (secondary N) is 2. The predicted molar refractivity (Wildman–Crippen MR) is 78.1 cm³/mol. The molecule has 0 saturated carbocycles. The van der Waals surface area contributed by atoms with Crippen molar-refractivity contribution in [2.45, 2.75) is 32.7 Å². The number of methoxy groups -OCH3 is 1. The van der Waals surface area contributed by atoms with E-state index < -0.39 is 0 Å². The van der Waals surface area contributed by atoms with Gasteiger partial charge < -0.3 is 20.5 Å². The van der Waals surface area contributed by atoms with Crippen molar-refractivity contribution in [2.75, 3.05) is 19.0 Å². The highest BCUT2D eigenvalue weighted by molar-refractivity contribution is 5.96. The minimum Gasteiger partial charge on any atom is -0.506 e. The van der Waals surface area contributed by atoms with Crippen molar-refractivity contribution in [3.8, 4) is 11.5 Å². The van der Waals surface area contributed by atoms with Crippen molar-refractivity contribution >= 4 is 11.6 Å². The molecule has 1 atom stereocenters. The average Bonchev–Trinajstić information content (AvgIpc) is 2.40. The molecule has 0 radical (unpaired) electrons. The van der Waals surface area contributed by atoms with Gasteiger partial charge in [-0.05, 0) is 36.9 Å². The Bertz CT molecular complexity index is 500. The summed E-state index contributed by atoms with van der Waals surface area (Å²) in [7, 11) is 1.55. The number of carbonyl (C=O) groups excluding carboxylic acids is 1. The highest BCUT2D eigenvalue weighted by Crippen LogP contribution is 2.32. The molecule has 0 aliphatic carbocycles. The predicted octanol–water partition coefficient (Wildman–Crippen LogP) is 2.12. The van der Waals surface area contributed by atoms with Crippen LogP contribution in [-0.2, 0) is 4.79 Å². The van der Waals surface area contributed by atoms with Gasteiger partial charge in [-0.3, -0.25) is 4.79 Å². The van der Waals surface area contributed by atoms with Crippen LogP contribution in [0.15, 0.2) is 18.2 Å². The van der Waals surface area contributed by atoms with E-state index in [-0.39, 0.29) is 23.1 Å². The number of phenolic OH excluding ortho intramolecular Hbond substituents is 1. The number of phenols is 1. The summed E-state index contributed by atoms with van der Waals surface area (Å²) >= 11 is 0. The van der Waals surface area contributed by atoms with Gasteiger partial charge in [0.05, 0.1) is 18.8 Å². The molecule has 0 spiro atoms. The minimum atomic E-state index is -0.262. The lowest BCUT2D eigenvalue weighted by Gasteiger charge is -2.38. The minimum absolute atomic E-state index is 0.0350. The van der Waals surface area contributed by atoms with Crippen molar-refractivity contribution in [3.05, 3.63) is 18.2 Å². The zero-order chi connectivity index (χ0) is 14.8. The first kappa shape index (κ1) is 14.7. The third-order valence-electron chi connectivity index (χ3n) is 3.85. The second kappa shape index (κ2) is 5.71. The molecule has 5 heteroatoms. The monoisotopic (exact) mass is 278 g/mol. The van der Waals surface area contributed by atoms with Crippen LogP contribution in [0, 0.1) is 5.41 Å². The molecule has 1 saturated heterocycles. The molecule has 0 bridgehead atoms. The molecule has 1 fully saturated rings. The first-order valence-corrected chi connectivity index (χ1v) is 6.85. The van der Waals surface area contributed by atoms with Gasteiger partial charge in [0.1, 0.15) is 11.5 Å². The molecule has 20 heavy (non-hydrogen) atoms. The Labute approximate surface area is 119 Å². The van der Waals surface area contributed by atoms with Gasteiger partial charge in [-0.25, -0.2) is 0 Å². The first-order valence-electron chi connectivity index (χ1n) is 6.85. The van der Waals surface area contributed by atoms with Gasteiger partial charge in [0.25, 0.3) is 0 Å². The van der Waals surface area contributed by atoms with Crippen LogP contribution in [-0.4, -0.2) is 30.7 Å². The topological polar surface area (TPSA) is 70.6 Å². The highest BCUT2D eigenvalue weighted by atomic mass is 16.5. The number of piperidine rings is 1. The number of hydrogen-bond acceptors (Lipinski definition) is 4. The first-order chi connectivity index (χ1) is 9.44. The molecule has 3 N–H and O–H groups in total. The Morgan fingerprint density at radius 2 is 2.25 bits per heavy atom. The number of ether oxygens (including phenoxy) is 1. The SMILES string of the molecule is COc1ccc(O)c(NC(=O)C2NCCCC2(C)C)c1. The van der Waals surface area contributed by atoms with Crippen molar-refractivity contribution < 1.29 is 14.6 Å². The number of aromatic hydroxyl groups is 1. The Morgan fingerprint density at radius 3 is 2.90 bits per heavy atom. The molecule has 1 aliphatic rings. The van der Waals surface area contributed by atoms with Crippen LogP contribution in [0.5, 0.6) is 11.5 Å². The maximum atomic E-state index is 12.4. The largest absolute Gasteiger partial charge is 0.506 e. The second-order valence-corrected chi connectivity index (χ2v) is 5.85. The quantitative estimate of drug-likeness (QED) is 0.741. The van der Waals surface area contributed by atoms with Gasteiger partial charge in [0.2, 0.25) is 5.91 Å². The van der Waals surface area contributed by atoms with Crippen LogP contribution in [0.25, 0.3) is 0 Å². The molecule has 110 valence electrons. The summed E-state index contributed by atoms with van der Waals surface area (Å²) in [6, 6.07) is 4.51. The molecule has 1 heterocycles. The summed E-state index contributed by atoms with van der Waals surface area (Å²) in [5, 5.41) is 15.8. The van der Waals surface area contributed by atoms with Crippen molar-refractivity contribution in [2.24, 2.45) is 5.41 Å². The van der Waals surface area contributed by atoms with Gasteiger partial charge in [-0.2, -0.15) is 0 Å². The fourth-order valence-corrected chi connectivity index (χ4v) is 2.61. The van der Waals surface area contributed by atoms with Crippen molar-refractivity contribution in [1.82, 2.24) is 5.32 Å². The summed E-state index contributed by atoms with van der Waals surface area (Å²) in [4.78, 5) is 12.4. The van der Waals surface area contributed by atoms with Gasteiger partial charge >= 0.3 is 0 Å². The molecular weight excluding hydrogens is 256 g/mol. The Hall–Kier alpha value is -1.75. The Morgan fingerprint density at radius 1 is 1.50 bits per heavy atom. The van der Waals surface area contributed by atoms with E-state index in [1.165, 1.54) is 6.07 Å². The Kier molecular flexibility index (Phi) is 4.18. The van der Waals surface area contributed by atoms with Gasteiger partial charge in [0.15, 0.2) is 0 Å².